The Morgan fingerprint density at radius 3 is 0.944 bits per heavy atom. The molecule has 7 nitrogen and oxygen atoms in total. The van der Waals surface area contributed by atoms with Gasteiger partial charge in [-0.05, 0) is 150 Å². The van der Waals surface area contributed by atoms with E-state index in [0.29, 0.717) is 0 Å². The van der Waals surface area contributed by atoms with Gasteiger partial charge in [-0.3, -0.25) is 0 Å². The van der Waals surface area contributed by atoms with E-state index in [9.17, 15) is 0 Å². The normalized spacial score (nSPS) is 14.5. The lowest BCUT2D eigenvalue weighted by molar-refractivity contribution is 0.487. The molecule has 0 N–H and O–H groups in total. The molecular weight excluding hydrogens is 1080 g/mol. The van der Waals surface area contributed by atoms with Crippen molar-refractivity contribution in [2.45, 2.75) is 0 Å². The molecule has 1 aromatic heterocycles. The Morgan fingerprint density at radius 1 is 0.225 bits per heavy atom. The van der Waals surface area contributed by atoms with E-state index in [1.807, 2.05) is 0 Å². The van der Waals surface area contributed by atoms with Crippen LogP contribution in [0.15, 0.2) is 273 Å². The van der Waals surface area contributed by atoms with Crippen molar-refractivity contribution < 1.29 is 9.47 Å². The Balaban J connectivity index is 0.865. The molecule has 0 bridgehead atoms. The highest BCUT2D eigenvalue weighted by Gasteiger charge is 2.54. The Morgan fingerprint density at radius 2 is 0.551 bits per heavy atom. The average molecular weight is 1130 g/mol. The van der Waals surface area contributed by atoms with Crippen LogP contribution in [-0.4, -0.2) is 31.4 Å². The maximum absolute atomic E-state index is 7.23. The number of aromatic nitrogens is 1. The van der Waals surface area contributed by atoms with Crippen molar-refractivity contribution >= 4 is 182 Å². The number of fused-ring (bicyclic) bond motifs is 23. The van der Waals surface area contributed by atoms with Gasteiger partial charge in [0, 0.05) is 96.8 Å². The molecule has 22 rings (SSSR count). The minimum atomic E-state index is -0.118. The highest BCUT2D eigenvalue weighted by molar-refractivity contribution is 7.05. The van der Waals surface area contributed by atoms with Gasteiger partial charge < -0.3 is 33.6 Å². The van der Waals surface area contributed by atoms with Gasteiger partial charge in [-0.1, -0.05) is 176 Å². The van der Waals surface area contributed by atoms with E-state index in [0.717, 1.165) is 73.8 Å². The highest BCUT2D eigenvalue weighted by atomic mass is 16.5. The summed E-state index contributed by atoms with van der Waals surface area (Å²) in [7, 11) is 0. The molecule has 8 aliphatic rings. The van der Waals surface area contributed by atoms with Crippen LogP contribution in [0.2, 0.25) is 0 Å². The van der Waals surface area contributed by atoms with Crippen molar-refractivity contribution in [1.29, 1.82) is 0 Å². The number of benzene rings is 13. The summed E-state index contributed by atoms with van der Waals surface area (Å²) in [5.74, 6) is 3.61. The van der Waals surface area contributed by atoms with Crippen molar-refractivity contribution in [2.75, 3.05) is 19.6 Å². The summed E-state index contributed by atoms with van der Waals surface area (Å²) in [6.07, 6.45) is 0. The van der Waals surface area contributed by atoms with E-state index in [1.165, 1.54) is 110 Å². The molecule has 13 aromatic carbocycles. The van der Waals surface area contributed by atoms with Crippen LogP contribution in [0.25, 0.3) is 27.5 Å². The van der Waals surface area contributed by atoms with Gasteiger partial charge in [-0.25, -0.2) is 0 Å². The van der Waals surface area contributed by atoms with Gasteiger partial charge in [0.15, 0.2) is 0 Å². The molecule has 11 heteroatoms. The van der Waals surface area contributed by atoms with E-state index in [4.69, 9.17) is 9.47 Å². The molecule has 0 saturated carbocycles. The monoisotopic (exact) mass is 1130 g/mol. The number of anilines is 12. The number of rotatable bonds is 3. The van der Waals surface area contributed by atoms with Gasteiger partial charge in [-0.15, -0.1) is 0 Å². The van der Waals surface area contributed by atoms with Gasteiger partial charge in [0.2, 0.25) is 0 Å². The minimum Gasteiger partial charge on any atom is -0.458 e. The molecule has 0 fully saturated rings. The Hall–Kier alpha value is -11.3. The minimum absolute atomic E-state index is 0.0146. The molecule has 8 aliphatic heterocycles. The van der Waals surface area contributed by atoms with Crippen LogP contribution in [0.3, 0.4) is 0 Å². The molecule has 0 unspecified atom stereocenters. The average Bonchev–Trinajstić information content (AvgIpc) is 1.23. The van der Waals surface area contributed by atoms with Crippen molar-refractivity contribution in [1.82, 2.24) is 4.57 Å². The lowest BCUT2D eigenvalue weighted by Crippen LogP contribution is -2.68. The van der Waals surface area contributed by atoms with E-state index in [-0.39, 0.29) is 26.9 Å². The number of hydrogen-bond donors (Lipinski definition) is 0. The van der Waals surface area contributed by atoms with E-state index >= 15 is 0 Å². The number of hydrogen-bond acceptors (Lipinski definition) is 6. The zero-order chi connectivity index (χ0) is 57.5. The van der Waals surface area contributed by atoms with Gasteiger partial charge >= 0.3 is 0 Å². The molecule has 0 aliphatic carbocycles. The number of ether oxygens (including phenoxy) is 2. The summed E-state index contributed by atoms with van der Waals surface area (Å²) in [6, 6.07) is 102. The zero-order valence-electron chi connectivity index (χ0n) is 47.8. The molecule has 0 radical (unpaired) electrons. The quantitative estimate of drug-likeness (QED) is 0.164. The van der Waals surface area contributed by atoms with Crippen LogP contribution in [-0.2, 0) is 0 Å². The summed E-state index contributed by atoms with van der Waals surface area (Å²) < 4.78 is 17.0. The first kappa shape index (κ1) is 46.9. The molecule has 9 heterocycles. The molecule has 14 aromatic rings. The van der Waals surface area contributed by atoms with E-state index < -0.39 is 0 Å². The maximum atomic E-state index is 7.23. The number of para-hydroxylation sites is 9. The second-order valence-electron chi connectivity index (χ2n) is 24.9. The second-order valence-corrected chi connectivity index (χ2v) is 24.9. The molecule has 0 amide bonds. The molecule has 0 atom stereocenters. The zero-order valence-corrected chi connectivity index (χ0v) is 47.8. The van der Waals surface area contributed by atoms with Crippen molar-refractivity contribution in [2.24, 2.45) is 0 Å². The summed E-state index contributed by atoms with van der Waals surface area (Å²) in [4.78, 5) is 10.2. The van der Waals surface area contributed by atoms with Crippen LogP contribution in [0.1, 0.15) is 0 Å². The fourth-order valence-electron chi connectivity index (χ4n) is 17.5. The van der Waals surface area contributed by atoms with Crippen LogP contribution in [0, 0.1) is 0 Å². The Bertz CT molecular complexity index is 5220. The Labute approximate surface area is 514 Å². The molecule has 0 saturated heterocycles. The van der Waals surface area contributed by atoms with Gasteiger partial charge in [0.25, 0.3) is 26.9 Å². The van der Waals surface area contributed by atoms with Crippen molar-refractivity contribution in [3.63, 3.8) is 0 Å². The van der Waals surface area contributed by atoms with Crippen molar-refractivity contribution in [3.8, 4) is 28.7 Å². The van der Waals surface area contributed by atoms with Crippen LogP contribution >= 0.6 is 0 Å². The van der Waals surface area contributed by atoms with Crippen LogP contribution in [0.5, 0.6) is 23.0 Å². The van der Waals surface area contributed by atoms with E-state index in [1.54, 1.807) is 0 Å². The highest BCUT2D eigenvalue weighted by Crippen LogP contribution is 2.52. The maximum Gasteiger partial charge on any atom is 0.256 e. The van der Waals surface area contributed by atoms with Crippen molar-refractivity contribution in [3.05, 3.63) is 273 Å². The second kappa shape index (κ2) is 16.8. The van der Waals surface area contributed by atoms with Crippen LogP contribution < -0.4 is 94.6 Å². The smallest absolute Gasteiger partial charge is 0.256 e. The first-order valence-electron chi connectivity index (χ1n) is 31.0. The lowest BCUT2D eigenvalue weighted by Gasteiger charge is -2.49. The predicted octanol–water partition coefficient (Wildman–Crippen LogP) is 10.8. The topological polar surface area (TPSA) is 36.4 Å². The van der Waals surface area contributed by atoms with Crippen LogP contribution in [0.4, 0.5) is 68.2 Å². The first-order valence-corrected chi connectivity index (χ1v) is 31.0. The van der Waals surface area contributed by atoms with Gasteiger partial charge in [0.1, 0.15) is 23.0 Å². The standard InChI is InChI=1S/C78H45B4N5O2/c1-4-22-46(23-5-1)83-63-42-65-57(81-53-30-12-18-36-61(53)86-59-34-16-10-28-51(59)79-55-32-14-20-38-69(55)88-71-44-67(73(81)77(86)75(71)79)84(65)47-24-6-2-7-25-47)40-49(63)50-41-58-66(43-64(50)83)85(48-26-8-3-9-27-48)68-45-72-76-78-74(68)82(58)54-31-13-19-37-62(54)87(78)60-35-17-11-29-52(60)80(76)56-33-15-21-39-70(56)89-72/h1-45H. The van der Waals surface area contributed by atoms with Gasteiger partial charge in [-0.2, -0.15) is 0 Å². The fourth-order valence-corrected chi connectivity index (χ4v) is 17.5. The molecular formula is C78H45B4N5O2. The lowest BCUT2D eigenvalue weighted by atomic mass is 9.29. The summed E-state index contributed by atoms with van der Waals surface area (Å²) in [5.41, 5.74) is 32.5. The molecule has 89 heavy (non-hydrogen) atoms. The third kappa shape index (κ3) is 5.84. The predicted molar refractivity (Wildman–Crippen MR) is 371 cm³/mol. The molecule has 0 spiro atoms. The first-order chi connectivity index (χ1) is 44.2. The summed E-state index contributed by atoms with van der Waals surface area (Å²) in [5, 5.41) is 2.42. The van der Waals surface area contributed by atoms with Gasteiger partial charge in [0.05, 0.1) is 11.0 Å². The summed E-state index contributed by atoms with van der Waals surface area (Å²) in [6.45, 7) is -0.266. The largest absolute Gasteiger partial charge is 0.458 e. The fraction of sp³-hybridized carbons (Fsp3) is 0. The summed E-state index contributed by atoms with van der Waals surface area (Å²) >= 11 is 0. The Kier molecular flexibility index (Phi) is 8.87. The third-order valence-corrected chi connectivity index (χ3v) is 20.8. The third-order valence-electron chi connectivity index (χ3n) is 20.8. The number of nitrogens with zero attached hydrogens (tertiary/aromatic N) is 5. The molecule has 406 valence electrons. The SMILES string of the molecule is c1ccc(N2c3cc4c(cc3B3c5ccccc5N5c6ccccc6B6c7ccccc7Oc7cc2c3c5c76)c2cc3c(cc2n4-c2ccccc2)N(c2ccccc2)c2cc4c5c6c2B3c2ccccc2N6c2ccccc2B5c2ccccc2O4)cc1. The van der Waals surface area contributed by atoms with E-state index in [2.05, 4.69) is 297 Å².